The maximum atomic E-state index is 11.8. The van der Waals surface area contributed by atoms with Gasteiger partial charge in [-0.25, -0.2) is 0 Å². The second-order valence-corrected chi connectivity index (χ2v) is 4.01. The Kier molecular flexibility index (Phi) is 3.92. The number of nitriles is 1. The van der Waals surface area contributed by atoms with Crippen molar-refractivity contribution in [3.8, 4) is 6.07 Å². The molecule has 1 heterocycles. The molecule has 1 rings (SSSR count). The monoisotopic (exact) mass is 270 g/mol. The average Bonchev–Trinajstić information content (AvgIpc) is 2.63. The molecule has 0 radical (unpaired) electrons. The first-order chi connectivity index (χ1) is 7.06. The molecule has 0 saturated carbocycles. The third-order valence-corrected chi connectivity index (χ3v) is 2.58. The van der Waals surface area contributed by atoms with Crippen LogP contribution in [0.25, 0.3) is 0 Å². The van der Waals surface area contributed by atoms with Gasteiger partial charge in [-0.3, -0.25) is 4.79 Å². The number of carbonyl (C=O) groups excluding carboxylic acids is 1. The van der Waals surface area contributed by atoms with Crippen LogP contribution in [0.3, 0.4) is 0 Å². The van der Waals surface area contributed by atoms with Gasteiger partial charge >= 0.3 is 0 Å². The van der Waals surface area contributed by atoms with Crippen LogP contribution >= 0.6 is 15.9 Å². The fourth-order valence-electron chi connectivity index (χ4n) is 1.07. The largest absolute Gasteiger partial charge is 0.444 e. The lowest BCUT2D eigenvalue weighted by Gasteiger charge is -2.21. The number of halogens is 1. The second-order valence-electron chi connectivity index (χ2n) is 3.23. The zero-order valence-corrected chi connectivity index (χ0v) is 10.1. The lowest BCUT2D eigenvalue weighted by Crippen LogP contribution is -2.34. The van der Waals surface area contributed by atoms with Crippen molar-refractivity contribution < 1.29 is 9.21 Å². The van der Waals surface area contributed by atoms with Crippen molar-refractivity contribution in [3.05, 3.63) is 22.6 Å². The van der Waals surface area contributed by atoms with Gasteiger partial charge < -0.3 is 9.32 Å². The number of amides is 1. The summed E-state index contributed by atoms with van der Waals surface area (Å²) in [6, 6.07) is 5.17. The highest BCUT2D eigenvalue weighted by Crippen LogP contribution is 2.16. The van der Waals surface area contributed by atoms with Gasteiger partial charge in [0.2, 0.25) is 0 Å². The predicted octanol–water partition coefficient (Wildman–Crippen LogP) is 2.42. The van der Waals surface area contributed by atoms with E-state index in [0.29, 0.717) is 11.1 Å². The highest BCUT2D eigenvalue weighted by Gasteiger charge is 2.19. The zero-order chi connectivity index (χ0) is 11.4. The lowest BCUT2D eigenvalue weighted by atomic mass is 10.2. The van der Waals surface area contributed by atoms with Crippen LogP contribution in [0.15, 0.2) is 21.2 Å². The summed E-state index contributed by atoms with van der Waals surface area (Å²) < 4.78 is 5.66. The van der Waals surface area contributed by atoms with Gasteiger partial charge in [0.05, 0.1) is 12.5 Å². The van der Waals surface area contributed by atoms with Crippen molar-refractivity contribution in [3.63, 3.8) is 0 Å². The van der Waals surface area contributed by atoms with Crippen molar-refractivity contribution in [2.75, 3.05) is 7.05 Å². The van der Waals surface area contributed by atoms with Crippen LogP contribution in [-0.2, 0) is 0 Å². The molecule has 0 aromatic carbocycles. The summed E-state index contributed by atoms with van der Waals surface area (Å²) in [7, 11) is 1.65. The standard InChI is InChI=1S/C10H11BrN2O2/c1-7(5-6-12)13(2)10(14)8-3-4-9(11)15-8/h3-4,7H,5H2,1-2H3. The molecule has 1 unspecified atom stereocenters. The molecule has 0 saturated heterocycles. The van der Waals surface area contributed by atoms with Crippen LogP contribution in [0.5, 0.6) is 0 Å². The number of furan rings is 1. The average molecular weight is 271 g/mol. The minimum atomic E-state index is -0.219. The molecule has 0 N–H and O–H groups in total. The molecule has 80 valence electrons. The topological polar surface area (TPSA) is 57.2 Å². The van der Waals surface area contributed by atoms with E-state index < -0.39 is 0 Å². The van der Waals surface area contributed by atoms with Crippen molar-refractivity contribution >= 4 is 21.8 Å². The Labute approximate surface area is 96.6 Å². The van der Waals surface area contributed by atoms with E-state index in [-0.39, 0.29) is 17.7 Å². The summed E-state index contributed by atoms with van der Waals surface area (Å²) >= 11 is 3.13. The molecule has 15 heavy (non-hydrogen) atoms. The number of carbonyl (C=O) groups is 1. The van der Waals surface area contributed by atoms with E-state index >= 15 is 0 Å². The summed E-state index contributed by atoms with van der Waals surface area (Å²) in [5.74, 6) is 0.0533. The molecule has 0 fully saturated rings. The van der Waals surface area contributed by atoms with E-state index in [1.54, 1.807) is 19.2 Å². The molecule has 4 nitrogen and oxygen atoms in total. The Morgan fingerprint density at radius 1 is 1.73 bits per heavy atom. The van der Waals surface area contributed by atoms with Gasteiger partial charge in [-0.2, -0.15) is 5.26 Å². The van der Waals surface area contributed by atoms with Crippen LogP contribution in [0, 0.1) is 11.3 Å². The van der Waals surface area contributed by atoms with Gasteiger partial charge in [-0.15, -0.1) is 0 Å². The summed E-state index contributed by atoms with van der Waals surface area (Å²) in [5, 5.41) is 8.52. The molecular weight excluding hydrogens is 260 g/mol. The molecule has 1 aromatic rings. The van der Waals surface area contributed by atoms with Crippen molar-refractivity contribution in [2.45, 2.75) is 19.4 Å². The van der Waals surface area contributed by atoms with Crippen molar-refractivity contribution in [1.29, 1.82) is 5.26 Å². The Morgan fingerprint density at radius 3 is 2.87 bits per heavy atom. The molecule has 1 atom stereocenters. The number of hydrogen-bond acceptors (Lipinski definition) is 3. The molecule has 1 amide bonds. The lowest BCUT2D eigenvalue weighted by molar-refractivity contribution is 0.0712. The molecular formula is C10H11BrN2O2. The third kappa shape index (κ3) is 2.83. The Morgan fingerprint density at radius 2 is 2.40 bits per heavy atom. The van der Waals surface area contributed by atoms with Gasteiger partial charge in [0.25, 0.3) is 5.91 Å². The Bertz CT molecular complexity index is 394. The summed E-state index contributed by atoms with van der Waals surface area (Å²) in [6.07, 6.45) is 0.310. The minimum absolute atomic E-state index is 0.119. The van der Waals surface area contributed by atoms with Gasteiger partial charge in [0.1, 0.15) is 0 Å². The first-order valence-electron chi connectivity index (χ1n) is 4.45. The number of rotatable bonds is 3. The molecule has 0 bridgehead atoms. The Hall–Kier alpha value is -1.28. The molecule has 0 aliphatic heterocycles. The molecule has 0 aliphatic rings. The second kappa shape index (κ2) is 4.99. The predicted molar refractivity (Wildman–Crippen MR) is 58.2 cm³/mol. The molecule has 0 spiro atoms. The fraction of sp³-hybridized carbons (Fsp3) is 0.400. The van der Waals surface area contributed by atoms with Crippen LogP contribution in [0.4, 0.5) is 0 Å². The number of nitrogens with zero attached hydrogens (tertiary/aromatic N) is 2. The normalized spacial score (nSPS) is 11.9. The van der Waals surface area contributed by atoms with Crippen molar-refractivity contribution in [2.24, 2.45) is 0 Å². The van der Waals surface area contributed by atoms with Gasteiger partial charge in [-0.1, -0.05) is 0 Å². The molecule has 0 aliphatic carbocycles. The minimum Gasteiger partial charge on any atom is -0.444 e. The number of hydrogen-bond donors (Lipinski definition) is 0. The Balaban J connectivity index is 2.73. The summed E-state index contributed by atoms with van der Waals surface area (Å²) in [6.45, 7) is 1.82. The molecule has 1 aromatic heterocycles. The zero-order valence-electron chi connectivity index (χ0n) is 8.53. The van der Waals surface area contributed by atoms with E-state index in [9.17, 15) is 4.79 Å². The third-order valence-electron chi connectivity index (χ3n) is 2.15. The highest BCUT2D eigenvalue weighted by atomic mass is 79.9. The maximum absolute atomic E-state index is 11.8. The molecule has 5 heteroatoms. The van der Waals surface area contributed by atoms with Gasteiger partial charge in [0.15, 0.2) is 10.4 Å². The summed E-state index contributed by atoms with van der Waals surface area (Å²) in [4.78, 5) is 13.3. The van der Waals surface area contributed by atoms with Crippen LogP contribution < -0.4 is 0 Å². The van der Waals surface area contributed by atoms with Crippen molar-refractivity contribution in [1.82, 2.24) is 4.90 Å². The van der Waals surface area contributed by atoms with Crippen LogP contribution in [0.1, 0.15) is 23.9 Å². The van der Waals surface area contributed by atoms with Crippen LogP contribution in [-0.4, -0.2) is 23.9 Å². The fourth-order valence-corrected chi connectivity index (χ4v) is 1.38. The first-order valence-corrected chi connectivity index (χ1v) is 5.25. The first kappa shape index (κ1) is 11.8. The van der Waals surface area contributed by atoms with E-state index in [2.05, 4.69) is 15.9 Å². The summed E-state index contributed by atoms with van der Waals surface area (Å²) in [5.41, 5.74) is 0. The smallest absolute Gasteiger partial charge is 0.289 e. The highest BCUT2D eigenvalue weighted by molar-refractivity contribution is 9.10. The quantitative estimate of drug-likeness (QED) is 0.848. The van der Waals surface area contributed by atoms with E-state index in [1.165, 1.54) is 4.90 Å². The van der Waals surface area contributed by atoms with Crippen LogP contribution in [0.2, 0.25) is 0 Å². The maximum Gasteiger partial charge on any atom is 0.289 e. The van der Waals surface area contributed by atoms with Gasteiger partial charge in [0, 0.05) is 13.1 Å². The van der Waals surface area contributed by atoms with E-state index in [0.717, 1.165) is 0 Å². The SMILES string of the molecule is CC(CC#N)N(C)C(=O)c1ccc(Br)o1. The van der Waals surface area contributed by atoms with E-state index in [4.69, 9.17) is 9.68 Å². The van der Waals surface area contributed by atoms with E-state index in [1.807, 2.05) is 13.0 Å². The van der Waals surface area contributed by atoms with Gasteiger partial charge in [-0.05, 0) is 35.0 Å².